The van der Waals surface area contributed by atoms with Crippen molar-refractivity contribution in [2.24, 2.45) is 5.10 Å². The molecule has 2 amide bonds. The molecule has 0 fully saturated rings. The summed E-state index contributed by atoms with van der Waals surface area (Å²) in [7, 11) is 1.44. The van der Waals surface area contributed by atoms with E-state index in [0.29, 0.717) is 31.9 Å². The van der Waals surface area contributed by atoms with Crippen LogP contribution in [0.5, 0.6) is 23.0 Å². The van der Waals surface area contributed by atoms with E-state index < -0.39 is 11.8 Å². The smallest absolute Gasteiger partial charge is 0.259 e. The van der Waals surface area contributed by atoms with Gasteiger partial charge in [0.05, 0.1) is 23.4 Å². The number of carbonyl (C=O) groups is 2. The summed E-state index contributed by atoms with van der Waals surface area (Å²) in [5.41, 5.74) is 3.30. The summed E-state index contributed by atoms with van der Waals surface area (Å²) in [6.45, 7) is -0.131. The minimum atomic E-state index is -0.495. The van der Waals surface area contributed by atoms with E-state index in [0.717, 1.165) is 0 Å². The molecule has 0 atom stereocenters. The number of nitrogens with one attached hydrogen (secondary N) is 2. The first-order valence-corrected chi connectivity index (χ1v) is 9.12. The lowest BCUT2D eigenvalue weighted by Crippen LogP contribution is -2.34. The van der Waals surface area contributed by atoms with Crippen LogP contribution in [0.2, 0.25) is 0 Å². The van der Waals surface area contributed by atoms with Crippen LogP contribution in [-0.4, -0.2) is 43.6 Å². The van der Waals surface area contributed by atoms with Gasteiger partial charge in [0.2, 0.25) is 6.79 Å². The summed E-state index contributed by atoms with van der Waals surface area (Å²) < 4.78 is 16.0. The van der Waals surface area contributed by atoms with Gasteiger partial charge in [-0.3, -0.25) is 9.59 Å². The van der Waals surface area contributed by atoms with Gasteiger partial charge in [-0.25, -0.2) is 5.43 Å². The number of carbonyl (C=O) groups excluding carboxylic acids is 2. The molecule has 0 radical (unpaired) electrons. The average Bonchev–Trinajstić information content (AvgIpc) is 3.16. The summed E-state index contributed by atoms with van der Waals surface area (Å²) in [5, 5.41) is 16.1. The molecule has 0 saturated carbocycles. The number of rotatable bonds is 6. The van der Waals surface area contributed by atoms with E-state index in [1.807, 2.05) is 22.6 Å². The van der Waals surface area contributed by atoms with E-state index in [-0.39, 0.29) is 19.1 Å². The van der Waals surface area contributed by atoms with Gasteiger partial charge in [-0.2, -0.15) is 5.10 Å². The maximum atomic E-state index is 12.1. The van der Waals surface area contributed by atoms with E-state index in [4.69, 9.17) is 14.2 Å². The van der Waals surface area contributed by atoms with Crippen molar-refractivity contribution in [1.82, 2.24) is 10.7 Å². The quantitative estimate of drug-likeness (QED) is 0.317. The van der Waals surface area contributed by atoms with Crippen LogP contribution in [0, 0.1) is 3.57 Å². The number of hydrazone groups is 1. The number of nitrogens with zero attached hydrogens (tertiary/aromatic N) is 1. The molecule has 2 aromatic rings. The fourth-order valence-corrected chi connectivity index (χ4v) is 2.97. The first kappa shape index (κ1) is 19.7. The number of hydrogen-bond donors (Lipinski definition) is 3. The molecular weight excluding hydrogens is 481 g/mol. The Kier molecular flexibility index (Phi) is 6.19. The molecule has 0 aromatic heterocycles. The van der Waals surface area contributed by atoms with Crippen molar-refractivity contribution < 1.29 is 28.9 Å². The van der Waals surface area contributed by atoms with E-state index in [1.165, 1.54) is 13.3 Å². The normalized spacial score (nSPS) is 12.1. The number of phenolic OH excluding ortho intramolecular Hbond substituents is 1. The molecule has 2 aromatic carbocycles. The largest absolute Gasteiger partial charge is 0.504 e. The summed E-state index contributed by atoms with van der Waals surface area (Å²) in [6, 6.07) is 8.02. The minimum Gasteiger partial charge on any atom is -0.504 e. The van der Waals surface area contributed by atoms with Gasteiger partial charge in [0.1, 0.15) is 0 Å². The van der Waals surface area contributed by atoms with Crippen molar-refractivity contribution in [3.8, 4) is 23.0 Å². The summed E-state index contributed by atoms with van der Waals surface area (Å²) in [4.78, 5) is 24.0. The third-order valence-corrected chi connectivity index (χ3v) is 4.54. The highest BCUT2D eigenvalue weighted by atomic mass is 127. The fraction of sp³-hybridized carbons (Fsp3) is 0.167. The highest BCUT2D eigenvalue weighted by Crippen LogP contribution is 2.33. The number of aromatic hydroxyl groups is 1. The maximum absolute atomic E-state index is 12.1. The Morgan fingerprint density at radius 3 is 2.86 bits per heavy atom. The second-order valence-corrected chi connectivity index (χ2v) is 6.76. The number of hydrogen-bond acceptors (Lipinski definition) is 7. The molecule has 0 unspecified atom stereocenters. The molecule has 146 valence electrons. The molecule has 0 spiro atoms. The zero-order chi connectivity index (χ0) is 20.1. The van der Waals surface area contributed by atoms with Gasteiger partial charge < -0.3 is 24.6 Å². The zero-order valence-corrected chi connectivity index (χ0v) is 16.8. The van der Waals surface area contributed by atoms with Crippen molar-refractivity contribution in [3.63, 3.8) is 0 Å². The predicted molar refractivity (Wildman–Crippen MR) is 108 cm³/mol. The second-order valence-electron chi connectivity index (χ2n) is 5.60. The Bertz CT molecular complexity index is 947. The number of fused-ring (bicyclic) bond motifs is 1. The van der Waals surface area contributed by atoms with E-state index in [2.05, 4.69) is 15.8 Å². The topological polar surface area (TPSA) is 118 Å². The van der Waals surface area contributed by atoms with Gasteiger partial charge in [-0.15, -0.1) is 0 Å². The van der Waals surface area contributed by atoms with E-state index >= 15 is 0 Å². The average molecular weight is 497 g/mol. The fourth-order valence-electron chi connectivity index (χ4n) is 2.34. The zero-order valence-electron chi connectivity index (χ0n) is 14.7. The van der Waals surface area contributed by atoms with Gasteiger partial charge in [0.15, 0.2) is 23.0 Å². The predicted octanol–water partition coefficient (Wildman–Crippen LogP) is 1.61. The lowest BCUT2D eigenvalue weighted by molar-refractivity contribution is -0.120. The monoisotopic (exact) mass is 497 g/mol. The molecule has 3 rings (SSSR count). The molecule has 0 aliphatic carbocycles. The molecular formula is C18H16IN3O6. The van der Waals surface area contributed by atoms with Crippen LogP contribution in [0.1, 0.15) is 15.9 Å². The number of amides is 2. The molecule has 1 heterocycles. The van der Waals surface area contributed by atoms with Crippen LogP contribution in [0.4, 0.5) is 0 Å². The van der Waals surface area contributed by atoms with Crippen LogP contribution < -0.4 is 25.0 Å². The number of benzene rings is 2. The summed E-state index contributed by atoms with van der Waals surface area (Å²) in [5.74, 6) is 0.483. The highest BCUT2D eigenvalue weighted by Gasteiger charge is 2.16. The van der Waals surface area contributed by atoms with Crippen molar-refractivity contribution in [2.45, 2.75) is 0 Å². The lowest BCUT2D eigenvalue weighted by atomic mass is 10.2. The van der Waals surface area contributed by atoms with Crippen LogP contribution in [0.3, 0.4) is 0 Å². The minimum absolute atomic E-state index is 0.0375. The van der Waals surface area contributed by atoms with Crippen LogP contribution >= 0.6 is 22.6 Å². The Morgan fingerprint density at radius 2 is 2.07 bits per heavy atom. The molecule has 28 heavy (non-hydrogen) atoms. The Balaban J connectivity index is 1.51. The standard InChI is InChI=1S/C18H16IN3O6/c1-26-15-5-10(4-12(19)17(15)24)7-21-22-16(23)8-20-18(25)11-2-3-13-14(6-11)28-9-27-13/h2-7,24H,8-9H2,1H3,(H,20,25)(H,22,23)/b21-7+. The summed E-state index contributed by atoms with van der Waals surface area (Å²) >= 11 is 1.96. The lowest BCUT2D eigenvalue weighted by Gasteiger charge is -2.06. The first-order valence-electron chi connectivity index (χ1n) is 8.04. The highest BCUT2D eigenvalue weighted by molar-refractivity contribution is 14.1. The maximum Gasteiger partial charge on any atom is 0.259 e. The number of ether oxygens (including phenoxy) is 3. The van der Waals surface area contributed by atoms with Crippen LogP contribution in [-0.2, 0) is 4.79 Å². The van der Waals surface area contributed by atoms with E-state index in [9.17, 15) is 14.7 Å². The second kappa shape index (κ2) is 8.78. The van der Waals surface area contributed by atoms with Gasteiger partial charge in [0.25, 0.3) is 11.8 Å². The first-order chi connectivity index (χ1) is 13.5. The molecule has 1 aliphatic rings. The van der Waals surface area contributed by atoms with Crippen LogP contribution in [0.25, 0.3) is 0 Å². The number of halogens is 1. The molecule has 10 heteroatoms. The van der Waals surface area contributed by atoms with Crippen molar-refractivity contribution in [1.29, 1.82) is 0 Å². The third-order valence-electron chi connectivity index (χ3n) is 3.72. The number of methoxy groups -OCH3 is 1. The summed E-state index contributed by atoms with van der Waals surface area (Å²) in [6.07, 6.45) is 1.40. The van der Waals surface area contributed by atoms with Gasteiger partial charge in [0, 0.05) is 5.56 Å². The molecule has 9 nitrogen and oxygen atoms in total. The van der Waals surface area contributed by atoms with Gasteiger partial charge in [-0.1, -0.05) is 0 Å². The third kappa shape index (κ3) is 4.63. The Hall–Kier alpha value is -3.02. The SMILES string of the molecule is COc1cc(/C=N/NC(=O)CNC(=O)c2ccc3c(c2)OCO3)cc(I)c1O. The van der Waals surface area contributed by atoms with Crippen molar-refractivity contribution in [2.75, 3.05) is 20.4 Å². The Labute approximate surface area is 173 Å². The number of phenols is 1. The Morgan fingerprint density at radius 1 is 1.29 bits per heavy atom. The molecule has 0 bridgehead atoms. The molecule has 1 aliphatic heterocycles. The van der Waals surface area contributed by atoms with Crippen molar-refractivity contribution in [3.05, 3.63) is 45.0 Å². The van der Waals surface area contributed by atoms with Crippen LogP contribution in [0.15, 0.2) is 35.4 Å². The van der Waals surface area contributed by atoms with Gasteiger partial charge >= 0.3 is 0 Å². The molecule has 3 N–H and O–H groups in total. The van der Waals surface area contributed by atoms with Crippen molar-refractivity contribution >= 4 is 40.6 Å². The van der Waals surface area contributed by atoms with Gasteiger partial charge in [-0.05, 0) is 58.5 Å². The molecule has 0 saturated heterocycles. The van der Waals surface area contributed by atoms with E-state index in [1.54, 1.807) is 30.3 Å².